The van der Waals surface area contributed by atoms with Gasteiger partial charge in [0.15, 0.2) is 34.2 Å². The maximum absolute atomic E-state index is 6.82. The summed E-state index contributed by atoms with van der Waals surface area (Å²) in [4.78, 5) is 4.55. The summed E-state index contributed by atoms with van der Waals surface area (Å²) in [6, 6.07) is 56.4. The van der Waals surface area contributed by atoms with Crippen molar-refractivity contribution in [2.24, 2.45) is 0 Å². The van der Waals surface area contributed by atoms with E-state index >= 15 is 0 Å². The zero-order valence-electron chi connectivity index (χ0n) is 38.3. The van der Waals surface area contributed by atoms with Crippen molar-refractivity contribution in [3.05, 3.63) is 169 Å². The molecule has 334 valence electrons. The SMILES string of the molecule is CC(C)c1ccc(N(c2ccc3c(c2)OCCO3)c2ccc3cc4c(cc3c2)oc2c4ccc3c4cc5ccc(N(c6ccc(C(C)C)cc6)c6ccc7c(c6)OCCO7)cc5cc4oc32)cc1. The molecule has 0 saturated carbocycles. The molecule has 0 amide bonds. The first-order valence-corrected chi connectivity index (χ1v) is 23.6. The number of hydrogen-bond acceptors (Lipinski definition) is 8. The van der Waals surface area contributed by atoms with E-state index in [-0.39, 0.29) is 0 Å². The molecule has 0 N–H and O–H groups in total. The summed E-state index contributed by atoms with van der Waals surface area (Å²) in [5.74, 6) is 3.89. The van der Waals surface area contributed by atoms with E-state index < -0.39 is 0 Å². The van der Waals surface area contributed by atoms with Crippen LogP contribution in [-0.2, 0) is 0 Å². The van der Waals surface area contributed by atoms with Crippen LogP contribution in [0, 0.1) is 0 Å². The summed E-state index contributed by atoms with van der Waals surface area (Å²) < 4.78 is 37.5. The van der Waals surface area contributed by atoms with Crippen LogP contribution in [0.25, 0.3) is 65.4 Å². The Kier molecular flexibility index (Phi) is 9.32. The largest absolute Gasteiger partial charge is 0.486 e. The minimum absolute atomic E-state index is 0.432. The van der Waals surface area contributed by atoms with Crippen LogP contribution in [0.5, 0.6) is 23.0 Å². The molecule has 0 saturated heterocycles. The first kappa shape index (κ1) is 40.2. The molecule has 4 heterocycles. The zero-order valence-corrected chi connectivity index (χ0v) is 38.3. The second kappa shape index (κ2) is 15.8. The van der Waals surface area contributed by atoms with Crippen LogP contribution in [0.15, 0.2) is 167 Å². The second-order valence-corrected chi connectivity index (χ2v) is 18.6. The number of fused-ring (bicyclic) bond motifs is 11. The lowest BCUT2D eigenvalue weighted by molar-refractivity contribution is 0.171. The smallest absolute Gasteiger partial charge is 0.178 e. The maximum atomic E-state index is 6.82. The van der Waals surface area contributed by atoms with E-state index in [4.69, 9.17) is 27.8 Å². The van der Waals surface area contributed by atoms with Gasteiger partial charge in [0.2, 0.25) is 0 Å². The Morgan fingerprint density at radius 1 is 0.324 bits per heavy atom. The zero-order chi connectivity index (χ0) is 45.6. The standard InChI is InChI=1S/C60H48N2O6/c1-35(2)37-5-11-43(12-6-37)61(47-17-21-53-57(33-47)65-25-23-63-53)45-15-9-39-29-51-49-19-20-50-52-30-40-10-16-46(28-42(40)32-56(52)68-60(50)59(49)67-55(51)31-41(39)27-45)62(44-13-7-38(8-14-44)36(3)4)48-18-22-54-58(34-48)66-26-24-64-54/h5-22,27-36H,23-26H2,1-4H3. The molecule has 0 atom stereocenters. The Bertz CT molecular complexity index is 3520. The molecule has 11 aromatic rings. The fourth-order valence-electron chi connectivity index (χ4n) is 10.1. The van der Waals surface area contributed by atoms with Crippen LogP contribution in [0.4, 0.5) is 34.1 Å². The van der Waals surface area contributed by atoms with Crippen molar-refractivity contribution in [1.29, 1.82) is 0 Å². The molecule has 0 spiro atoms. The summed E-state index contributed by atoms with van der Waals surface area (Å²) >= 11 is 0. The number of anilines is 6. The van der Waals surface area contributed by atoms with Gasteiger partial charge >= 0.3 is 0 Å². The topological polar surface area (TPSA) is 69.7 Å². The van der Waals surface area contributed by atoms with Gasteiger partial charge in [-0.25, -0.2) is 0 Å². The summed E-state index contributed by atoms with van der Waals surface area (Å²) in [5, 5.41) is 8.51. The normalized spacial score (nSPS) is 13.5. The Labute approximate surface area is 393 Å². The third kappa shape index (κ3) is 6.73. The lowest BCUT2D eigenvalue weighted by Gasteiger charge is -2.28. The van der Waals surface area contributed by atoms with Gasteiger partial charge in [-0.1, -0.05) is 64.1 Å². The summed E-state index contributed by atoms with van der Waals surface area (Å²) in [7, 11) is 0. The summed E-state index contributed by atoms with van der Waals surface area (Å²) in [6.07, 6.45) is 0. The summed E-state index contributed by atoms with van der Waals surface area (Å²) in [5.41, 5.74) is 11.8. The van der Waals surface area contributed by atoms with Crippen molar-refractivity contribution in [2.45, 2.75) is 39.5 Å². The molecule has 8 nitrogen and oxygen atoms in total. The number of ether oxygens (including phenoxy) is 4. The first-order chi connectivity index (χ1) is 33.3. The van der Waals surface area contributed by atoms with Gasteiger partial charge in [0.25, 0.3) is 0 Å². The molecule has 2 aliphatic heterocycles. The van der Waals surface area contributed by atoms with Crippen molar-refractivity contribution < 1.29 is 27.8 Å². The van der Waals surface area contributed by atoms with Gasteiger partial charge in [0.05, 0.1) is 11.4 Å². The lowest BCUT2D eigenvalue weighted by atomic mass is 10.0. The van der Waals surface area contributed by atoms with Crippen LogP contribution < -0.4 is 28.7 Å². The molecule has 68 heavy (non-hydrogen) atoms. The average Bonchev–Trinajstić information content (AvgIpc) is 3.92. The molecule has 13 rings (SSSR count). The highest BCUT2D eigenvalue weighted by Crippen LogP contribution is 2.46. The number of rotatable bonds is 8. The number of benzene rings is 9. The molecular weight excluding hydrogens is 845 g/mol. The van der Waals surface area contributed by atoms with Crippen molar-refractivity contribution >= 4 is 99.5 Å². The van der Waals surface area contributed by atoms with Crippen LogP contribution in [0.2, 0.25) is 0 Å². The van der Waals surface area contributed by atoms with Crippen molar-refractivity contribution in [3.8, 4) is 23.0 Å². The molecular formula is C60H48N2O6. The maximum Gasteiger partial charge on any atom is 0.178 e. The Morgan fingerprint density at radius 3 is 1.10 bits per heavy atom. The van der Waals surface area contributed by atoms with Gasteiger partial charge in [0.1, 0.15) is 37.6 Å². The fourth-order valence-corrected chi connectivity index (χ4v) is 10.1. The highest BCUT2D eigenvalue weighted by Gasteiger charge is 2.23. The van der Waals surface area contributed by atoms with Crippen molar-refractivity contribution in [1.82, 2.24) is 0 Å². The van der Waals surface area contributed by atoms with Crippen molar-refractivity contribution in [2.75, 3.05) is 36.2 Å². The fraction of sp³-hybridized carbons (Fsp3) is 0.167. The van der Waals surface area contributed by atoms with Gasteiger partial charge in [-0.3, -0.25) is 0 Å². The Morgan fingerprint density at radius 2 is 0.691 bits per heavy atom. The van der Waals surface area contributed by atoms with Gasteiger partial charge in [-0.2, -0.15) is 0 Å². The van der Waals surface area contributed by atoms with Gasteiger partial charge in [-0.05, 0) is 154 Å². The number of furan rings is 2. The second-order valence-electron chi connectivity index (χ2n) is 18.6. The predicted molar refractivity (Wildman–Crippen MR) is 276 cm³/mol. The first-order valence-electron chi connectivity index (χ1n) is 23.6. The predicted octanol–water partition coefficient (Wildman–Crippen LogP) is 16.5. The third-order valence-corrected chi connectivity index (χ3v) is 13.7. The molecule has 9 aromatic carbocycles. The van der Waals surface area contributed by atoms with Gasteiger partial charge < -0.3 is 37.6 Å². The van der Waals surface area contributed by atoms with Crippen LogP contribution >= 0.6 is 0 Å². The van der Waals surface area contributed by atoms with E-state index in [0.717, 1.165) is 123 Å². The quantitative estimate of drug-likeness (QED) is 0.149. The van der Waals surface area contributed by atoms with E-state index in [1.54, 1.807) is 0 Å². The van der Waals surface area contributed by atoms with E-state index in [9.17, 15) is 0 Å². The van der Waals surface area contributed by atoms with E-state index in [0.29, 0.717) is 38.3 Å². The van der Waals surface area contributed by atoms with Crippen LogP contribution in [0.3, 0.4) is 0 Å². The average molecular weight is 893 g/mol. The lowest BCUT2D eigenvalue weighted by Crippen LogP contribution is -2.16. The van der Waals surface area contributed by atoms with Crippen LogP contribution in [0.1, 0.15) is 50.7 Å². The van der Waals surface area contributed by atoms with E-state index in [1.807, 2.05) is 12.1 Å². The molecule has 0 radical (unpaired) electrons. The minimum Gasteiger partial charge on any atom is -0.486 e. The van der Waals surface area contributed by atoms with Gasteiger partial charge in [0, 0.05) is 56.4 Å². The molecule has 0 aliphatic carbocycles. The number of hydrogen-bond donors (Lipinski definition) is 0. The van der Waals surface area contributed by atoms with E-state index in [2.05, 4.69) is 183 Å². The molecule has 0 fully saturated rings. The van der Waals surface area contributed by atoms with Crippen LogP contribution in [-0.4, -0.2) is 26.4 Å². The summed E-state index contributed by atoms with van der Waals surface area (Å²) in [6.45, 7) is 11.0. The molecule has 2 aliphatic rings. The molecule has 0 bridgehead atoms. The molecule has 0 unspecified atom stereocenters. The third-order valence-electron chi connectivity index (χ3n) is 13.7. The van der Waals surface area contributed by atoms with Crippen molar-refractivity contribution in [3.63, 3.8) is 0 Å². The van der Waals surface area contributed by atoms with E-state index in [1.165, 1.54) is 11.1 Å². The highest BCUT2D eigenvalue weighted by atomic mass is 16.6. The highest BCUT2D eigenvalue weighted by molar-refractivity contribution is 6.21. The minimum atomic E-state index is 0.432. The molecule has 2 aromatic heterocycles. The Hall–Kier alpha value is -8.10. The number of nitrogens with zero attached hydrogens (tertiary/aromatic N) is 2. The monoisotopic (exact) mass is 892 g/mol. The Balaban J connectivity index is 0.901. The molecule has 8 heteroatoms. The van der Waals surface area contributed by atoms with Gasteiger partial charge in [-0.15, -0.1) is 0 Å².